The number of hydrogen-bond acceptors (Lipinski definition) is 5. The molecule has 0 fully saturated rings. The first kappa shape index (κ1) is 21.6. The summed E-state index contributed by atoms with van der Waals surface area (Å²) in [5, 5.41) is 3.20. The maximum atomic E-state index is 13.1. The van der Waals surface area contributed by atoms with E-state index in [1.54, 1.807) is 7.11 Å². The molecule has 6 nitrogen and oxygen atoms in total. The van der Waals surface area contributed by atoms with Gasteiger partial charge in [0.15, 0.2) is 0 Å². The summed E-state index contributed by atoms with van der Waals surface area (Å²) >= 11 is 0. The summed E-state index contributed by atoms with van der Waals surface area (Å²) in [6.07, 6.45) is 0. The number of carbonyl (C=O) groups is 2. The molecule has 0 bridgehead atoms. The van der Waals surface area contributed by atoms with E-state index in [2.05, 4.69) is 24.1 Å². The molecule has 1 N–H and O–H groups in total. The summed E-state index contributed by atoms with van der Waals surface area (Å²) in [7, 11) is 1.55. The number of methoxy groups -OCH3 is 1. The topological polar surface area (TPSA) is 61.9 Å². The van der Waals surface area contributed by atoms with Gasteiger partial charge in [-0.05, 0) is 50.6 Å². The maximum absolute atomic E-state index is 13.1. The Morgan fingerprint density at radius 2 is 1.57 bits per heavy atom. The molecule has 0 unspecified atom stereocenters. The molecule has 0 saturated carbocycles. The van der Waals surface area contributed by atoms with E-state index in [1.807, 2.05) is 55.5 Å². The number of carbonyl (C=O) groups excluding carboxylic acids is 2. The minimum Gasteiger partial charge on any atom is -0.383 e. The van der Waals surface area contributed by atoms with Crippen molar-refractivity contribution in [2.75, 3.05) is 43.6 Å². The Morgan fingerprint density at radius 3 is 2.13 bits per heavy atom. The highest BCUT2D eigenvalue weighted by atomic mass is 16.5. The highest BCUT2D eigenvalue weighted by Crippen LogP contribution is 2.31. The number of hydrogen-bond donors (Lipinski definition) is 1. The van der Waals surface area contributed by atoms with Gasteiger partial charge in [-0.25, -0.2) is 0 Å². The summed E-state index contributed by atoms with van der Waals surface area (Å²) in [5.41, 5.74) is 4.39. The van der Waals surface area contributed by atoms with E-state index in [-0.39, 0.29) is 18.4 Å². The van der Waals surface area contributed by atoms with Crippen LogP contribution in [-0.2, 0) is 14.3 Å². The van der Waals surface area contributed by atoms with Crippen LogP contribution in [0.15, 0.2) is 54.2 Å². The number of nitrogens with zero attached hydrogens (tertiary/aromatic N) is 2. The molecule has 1 aliphatic heterocycles. The minimum absolute atomic E-state index is 0.218. The van der Waals surface area contributed by atoms with Crippen molar-refractivity contribution in [1.29, 1.82) is 0 Å². The van der Waals surface area contributed by atoms with Gasteiger partial charge < -0.3 is 15.0 Å². The number of anilines is 2. The third-order valence-corrected chi connectivity index (χ3v) is 5.29. The van der Waals surface area contributed by atoms with Crippen LogP contribution in [0, 0.1) is 6.92 Å². The average Bonchev–Trinajstić information content (AvgIpc) is 2.98. The summed E-state index contributed by atoms with van der Waals surface area (Å²) in [5.74, 6) is -0.636. The van der Waals surface area contributed by atoms with Crippen molar-refractivity contribution in [2.24, 2.45) is 0 Å². The van der Waals surface area contributed by atoms with E-state index in [0.717, 1.165) is 35.6 Å². The zero-order chi connectivity index (χ0) is 21.7. The number of aryl methyl sites for hydroxylation is 1. The van der Waals surface area contributed by atoms with Crippen LogP contribution in [0.4, 0.5) is 11.4 Å². The second-order valence-electron chi connectivity index (χ2n) is 7.21. The molecule has 1 heterocycles. The molecule has 3 rings (SSSR count). The number of ether oxygens (including phenoxy) is 1. The van der Waals surface area contributed by atoms with Crippen molar-refractivity contribution in [2.45, 2.75) is 20.8 Å². The SMILES string of the molecule is CCN(CC)c1ccc(NC2=C(c3ccc(C)cc3)C(=O)N(CCOC)C2=O)cc1. The predicted molar refractivity (Wildman–Crippen MR) is 120 cm³/mol. The maximum Gasteiger partial charge on any atom is 0.278 e. The lowest BCUT2D eigenvalue weighted by Gasteiger charge is -2.21. The van der Waals surface area contributed by atoms with Gasteiger partial charge in [0.05, 0.1) is 18.7 Å². The summed E-state index contributed by atoms with van der Waals surface area (Å²) in [4.78, 5) is 29.6. The molecule has 1 aliphatic rings. The van der Waals surface area contributed by atoms with E-state index in [4.69, 9.17) is 4.74 Å². The molecule has 30 heavy (non-hydrogen) atoms. The van der Waals surface area contributed by atoms with Crippen LogP contribution >= 0.6 is 0 Å². The van der Waals surface area contributed by atoms with Crippen LogP contribution in [0.2, 0.25) is 0 Å². The molecule has 0 aliphatic carbocycles. The zero-order valence-electron chi connectivity index (χ0n) is 18.1. The fourth-order valence-corrected chi connectivity index (χ4v) is 3.55. The van der Waals surface area contributed by atoms with Gasteiger partial charge in [0.1, 0.15) is 5.70 Å². The largest absolute Gasteiger partial charge is 0.383 e. The van der Waals surface area contributed by atoms with Crippen molar-refractivity contribution in [3.05, 3.63) is 65.4 Å². The third kappa shape index (κ3) is 4.39. The molecule has 2 aromatic rings. The van der Waals surface area contributed by atoms with Crippen molar-refractivity contribution in [3.63, 3.8) is 0 Å². The lowest BCUT2D eigenvalue weighted by Crippen LogP contribution is -2.35. The van der Waals surface area contributed by atoms with E-state index in [9.17, 15) is 9.59 Å². The molecule has 0 atom stereocenters. The summed E-state index contributed by atoms with van der Waals surface area (Å²) in [6, 6.07) is 15.5. The van der Waals surface area contributed by atoms with Gasteiger partial charge in [0.2, 0.25) is 0 Å². The predicted octanol–water partition coefficient (Wildman–Crippen LogP) is 3.68. The van der Waals surface area contributed by atoms with Crippen molar-refractivity contribution in [1.82, 2.24) is 4.90 Å². The van der Waals surface area contributed by atoms with E-state index in [1.165, 1.54) is 4.90 Å². The lowest BCUT2D eigenvalue weighted by atomic mass is 10.0. The standard InChI is InChI=1S/C24H29N3O3/c1-5-26(6-2)20-13-11-19(12-14-20)25-22-21(18-9-7-17(3)8-10-18)23(28)27(24(22)29)15-16-30-4/h7-14,25H,5-6,15-16H2,1-4H3. The van der Waals surface area contributed by atoms with Crippen LogP contribution in [0.25, 0.3) is 5.57 Å². The number of nitrogens with one attached hydrogen (secondary N) is 1. The molecule has 2 amide bonds. The Kier molecular flexibility index (Phi) is 6.90. The quantitative estimate of drug-likeness (QED) is 0.643. The van der Waals surface area contributed by atoms with Crippen LogP contribution in [0.3, 0.4) is 0 Å². The molecule has 0 radical (unpaired) electrons. The van der Waals surface area contributed by atoms with E-state index in [0.29, 0.717) is 17.9 Å². The second-order valence-corrected chi connectivity index (χ2v) is 7.21. The Hall–Kier alpha value is -3.12. The van der Waals surface area contributed by atoms with Crippen LogP contribution in [0.5, 0.6) is 0 Å². The number of amides is 2. The molecule has 0 aromatic heterocycles. The molecule has 0 spiro atoms. The van der Waals surface area contributed by atoms with Crippen molar-refractivity contribution >= 4 is 28.8 Å². The number of benzene rings is 2. The molecule has 2 aromatic carbocycles. The highest BCUT2D eigenvalue weighted by molar-refractivity contribution is 6.36. The van der Waals surface area contributed by atoms with Gasteiger partial charge in [-0.3, -0.25) is 14.5 Å². The van der Waals surface area contributed by atoms with Gasteiger partial charge in [-0.2, -0.15) is 0 Å². The Bertz CT molecular complexity index is 929. The van der Waals surface area contributed by atoms with Crippen LogP contribution < -0.4 is 10.2 Å². The molecule has 6 heteroatoms. The molecular weight excluding hydrogens is 378 g/mol. The highest BCUT2D eigenvalue weighted by Gasteiger charge is 2.38. The van der Waals surface area contributed by atoms with E-state index >= 15 is 0 Å². The Balaban J connectivity index is 1.95. The second kappa shape index (κ2) is 9.59. The fourth-order valence-electron chi connectivity index (χ4n) is 3.55. The smallest absolute Gasteiger partial charge is 0.278 e. The number of rotatable bonds is 9. The first-order valence-corrected chi connectivity index (χ1v) is 10.3. The van der Waals surface area contributed by atoms with Crippen LogP contribution in [0.1, 0.15) is 25.0 Å². The summed E-state index contributed by atoms with van der Waals surface area (Å²) in [6.45, 7) is 8.58. The monoisotopic (exact) mass is 407 g/mol. The fraction of sp³-hybridized carbons (Fsp3) is 0.333. The number of imide groups is 1. The van der Waals surface area contributed by atoms with Gasteiger partial charge >= 0.3 is 0 Å². The van der Waals surface area contributed by atoms with E-state index < -0.39 is 0 Å². The normalized spacial score (nSPS) is 13.9. The van der Waals surface area contributed by atoms with Crippen molar-refractivity contribution in [3.8, 4) is 0 Å². The van der Waals surface area contributed by atoms with Gasteiger partial charge in [0, 0.05) is 31.6 Å². The van der Waals surface area contributed by atoms with Gasteiger partial charge in [-0.1, -0.05) is 29.8 Å². The first-order chi connectivity index (χ1) is 14.5. The minimum atomic E-state index is -0.333. The van der Waals surface area contributed by atoms with Crippen LogP contribution in [-0.4, -0.2) is 50.1 Å². The summed E-state index contributed by atoms with van der Waals surface area (Å²) < 4.78 is 5.08. The first-order valence-electron chi connectivity index (χ1n) is 10.3. The molecule has 0 saturated heterocycles. The molecule has 158 valence electrons. The van der Waals surface area contributed by atoms with Gasteiger partial charge in [0.25, 0.3) is 11.8 Å². The average molecular weight is 408 g/mol. The molecular formula is C24H29N3O3. The zero-order valence-corrected chi connectivity index (χ0v) is 18.1. The van der Waals surface area contributed by atoms with Crippen molar-refractivity contribution < 1.29 is 14.3 Å². The Morgan fingerprint density at radius 1 is 0.933 bits per heavy atom. The third-order valence-electron chi connectivity index (χ3n) is 5.29. The Labute approximate surface area is 178 Å². The lowest BCUT2D eigenvalue weighted by molar-refractivity contribution is -0.137. The van der Waals surface area contributed by atoms with Gasteiger partial charge in [-0.15, -0.1) is 0 Å².